The number of carbonyl (C=O) groups is 2. The van der Waals surface area contributed by atoms with Gasteiger partial charge in [-0.3, -0.25) is 10.1 Å². The fraction of sp³-hybridized carbons (Fsp3) is 0.179. The maximum absolute atomic E-state index is 12.8. The van der Waals surface area contributed by atoms with E-state index in [4.69, 9.17) is 20.5 Å². The standard InChI is InChI=1S/C28H27BrN4O5/c1-37-25(8-4-5-9-26(35)33-23-7-3-2-6-22(23)31)27(21-16-19(29)12-15-24(21)34)38-28(36)32-20-13-10-18(17-30)11-14-20/h2-3,5-7,9-16,25,27,34H,4,8,31H2,1H3,(H,32,36)(H,33,35)/b9-5+/t25-,27-/m1/s1. The Bertz CT molecular complexity index is 1340. The molecule has 2 amide bonds. The van der Waals surface area contributed by atoms with Gasteiger partial charge in [0.2, 0.25) is 5.91 Å². The van der Waals surface area contributed by atoms with Crippen LogP contribution in [0.25, 0.3) is 0 Å². The van der Waals surface area contributed by atoms with Crippen molar-refractivity contribution in [1.29, 1.82) is 5.26 Å². The van der Waals surface area contributed by atoms with E-state index < -0.39 is 18.3 Å². The largest absolute Gasteiger partial charge is 0.508 e. The number of rotatable bonds is 10. The van der Waals surface area contributed by atoms with Gasteiger partial charge >= 0.3 is 6.09 Å². The van der Waals surface area contributed by atoms with Crippen molar-refractivity contribution in [2.24, 2.45) is 0 Å². The molecule has 10 heteroatoms. The average Bonchev–Trinajstić information content (AvgIpc) is 2.91. The molecule has 38 heavy (non-hydrogen) atoms. The molecule has 0 aliphatic carbocycles. The number of nitrogen functional groups attached to an aromatic ring is 1. The van der Waals surface area contributed by atoms with Crippen LogP contribution < -0.4 is 16.4 Å². The van der Waals surface area contributed by atoms with E-state index in [1.54, 1.807) is 66.7 Å². The van der Waals surface area contributed by atoms with Gasteiger partial charge in [-0.2, -0.15) is 5.26 Å². The Morgan fingerprint density at radius 1 is 1.13 bits per heavy atom. The second-order valence-corrected chi connectivity index (χ2v) is 9.09. The normalized spacial score (nSPS) is 12.3. The van der Waals surface area contributed by atoms with Crippen LogP contribution in [0.3, 0.4) is 0 Å². The number of allylic oxidation sites excluding steroid dienone is 1. The molecule has 0 spiro atoms. The average molecular weight is 579 g/mol. The summed E-state index contributed by atoms with van der Waals surface area (Å²) in [5.74, 6) is -0.405. The zero-order valence-electron chi connectivity index (χ0n) is 20.6. The summed E-state index contributed by atoms with van der Waals surface area (Å²) in [6.45, 7) is 0. The number of ether oxygens (including phenoxy) is 2. The molecule has 0 fully saturated rings. The van der Waals surface area contributed by atoms with Crippen LogP contribution in [0.1, 0.15) is 30.1 Å². The molecule has 2 atom stereocenters. The number of nitrogens with one attached hydrogen (secondary N) is 2. The summed E-state index contributed by atoms with van der Waals surface area (Å²) < 4.78 is 12.0. The maximum Gasteiger partial charge on any atom is 0.412 e. The lowest BCUT2D eigenvalue weighted by Gasteiger charge is -2.27. The number of hydrogen-bond acceptors (Lipinski definition) is 7. The Morgan fingerprint density at radius 2 is 1.87 bits per heavy atom. The number of aromatic hydroxyl groups is 1. The van der Waals surface area contributed by atoms with Crippen molar-refractivity contribution in [3.63, 3.8) is 0 Å². The van der Waals surface area contributed by atoms with E-state index in [1.807, 2.05) is 6.07 Å². The minimum absolute atomic E-state index is 0.0678. The summed E-state index contributed by atoms with van der Waals surface area (Å²) in [6, 6.07) is 20.1. The molecule has 3 aromatic rings. The highest BCUT2D eigenvalue weighted by molar-refractivity contribution is 9.10. The molecule has 3 rings (SSSR count). The predicted molar refractivity (Wildman–Crippen MR) is 148 cm³/mol. The van der Waals surface area contributed by atoms with Crippen LogP contribution in [0.2, 0.25) is 0 Å². The van der Waals surface area contributed by atoms with Crippen molar-refractivity contribution in [3.05, 3.63) is 94.5 Å². The SMILES string of the molecule is CO[C@H](CC/C=C/C(=O)Nc1ccccc1N)[C@H](OC(=O)Nc1ccc(C#N)cc1)c1cc(Br)ccc1O. The third-order valence-electron chi connectivity index (χ3n) is 5.54. The van der Waals surface area contributed by atoms with Crippen LogP contribution in [0.5, 0.6) is 5.75 Å². The van der Waals surface area contributed by atoms with Crippen LogP contribution in [0.15, 0.2) is 83.4 Å². The number of nitriles is 1. The molecule has 0 aromatic heterocycles. The number of amides is 2. The van der Waals surface area contributed by atoms with E-state index >= 15 is 0 Å². The number of phenols is 1. The number of para-hydroxylation sites is 2. The van der Waals surface area contributed by atoms with Gasteiger partial charge in [0.1, 0.15) is 5.75 Å². The van der Waals surface area contributed by atoms with Crippen molar-refractivity contribution in [3.8, 4) is 11.8 Å². The molecule has 196 valence electrons. The van der Waals surface area contributed by atoms with Crippen LogP contribution in [0.4, 0.5) is 21.9 Å². The van der Waals surface area contributed by atoms with Gasteiger partial charge in [0.25, 0.3) is 0 Å². The quantitative estimate of drug-likeness (QED) is 0.173. The number of hydrogen-bond donors (Lipinski definition) is 4. The van der Waals surface area contributed by atoms with Gasteiger partial charge in [0.05, 0.1) is 29.1 Å². The second kappa shape index (κ2) is 13.8. The highest BCUT2D eigenvalue weighted by Gasteiger charge is 2.29. The van der Waals surface area contributed by atoms with E-state index in [9.17, 15) is 14.7 Å². The monoisotopic (exact) mass is 578 g/mol. The van der Waals surface area contributed by atoms with Gasteiger partial charge in [-0.25, -0.2) is 4.79 Å². The van der Waals surface area contributed by atoms with E-state index in [-0.39, 0.29) is 11.7 Å². The predicted octanol–water partition coefficient (Wildman–Crippen LogP) is 5.89. The van der Waals surface area contributed by atoms with Crippen LogP contribution in [0, 0.1) is 11.3 Å². The van der Waals surface area contributed by atoms with Crippen LogP contribution >= 0.6 is 15.9 Å². The first kappa shape index (κ1) is 28.2. The first-order valence-electron chi connectivity index (χ1n) is 11.6. The number of halogens is 1. The van der Waals surface area contributed by atoms with Gasteiger partial charge in [-0.1, -0.05) is 34.1 Å². The topological polar surface area (TPSA) is 147 Å². The van der Waals surface area contributed by atoms with Gasteiger partial charge in [0, 0.05) is 22.8 Å². The fourth-order valence-electron chi connectivity index (χ4n) is 3.61. The molecule has 3 aromatic carbocycles. The number of benzene rings is 3. The Hall–Kier alpha value is -4.33. The molecule has 0 saturated carbocycles. The lowest BCUT2D eigenvalue weighted by atomic mass is 9.99. The second-order valence-electron chi connectivity index (χ2n) is 8.17. The summed E-state index contributed by atoms with van der Waals surface area (Å²) in [7, 11) is 1.48. The molecule has 5 N–H and O–H groups in total. The van der Waals surface area contributed by atoms with Crippen molar-refractivity contribution in [1.82, 2.24) is 0 Å². The highest BCUT2D eigenvalue weighted by Crippen LogP contribution is 2.35. The van der Waals surface area contributed by atoms with Gasteiger partial charge in [0.15, 0.2) is 6.10 Å². The number of anilines is 3. The first-order chi connectivity index (χ1) is 18.3. The molecule has 0 aliphatic heterocycles. The summed E-state index contributed by atoms with van der Waals surface area (Å²) in [6.07, 6.45) is 1.47. The molecule has 0 aliphatic rings. The molecule has 9 nitrogen and oxygen atoms in total. The highest BCUT2D eigenvalue weighted by atomic mass is 79.9. The molecule has 0 unspecified atom stereocenters. The molecular weight excluding hydrogens is 552 g/mol. The minimum atomic E-state index is -0.970. The van der Waals surface area contributed by atoms with Crippen molar-refractivity contribution in [2.75, 3.05) is 23.5 Å². The number of phenolic OH excluding ortho intramolecular Hbond substituents is 1. The summed E-state index contributed by atoms with van der Waals surface area (Å²) >= 11 is 3.38. The molecule has 0 radical (unpaired) electrons. The molecule has 0 bridgehead atoms. The zero-order chi connectivity index (χ0) is 27.5. The number of carbonyl (C=O) groups excluding carboxylic acids is 2. The Labute approximate surface area is 229 Å². The van der Waals surface area contributed by atoms with E-state index in [0.717, 1.165) is 0 Å². The minimum Gasteiger partial charge on any atom is -0.508 e. The smallest absolute Gasteiger partial charge is 0.412 e. The fourth-order valence-corrected chi connectivity index (χ4v) is 3.99. The van der Waals surface area contributed by atoms with Crippen molar-refractivity contribution < 1.29 is 24.2 Å². The summed E-state index contributed by atoms with van der Waals surface area (Å²) in [5.41, 5.74) is 8.07. The third kappa shape index (κ3) is 8.09. The van der Waals surface area contributed by atoms with Crippen molar-refractivity contribution >= 4 is 45.0 Å². The van der Waals surface area contributed by atoms with Crippen LogP contribution in [-0.2, 0) is 14.3 Å². The van der Waals surface area contributed by atoms with Crippen molar-refractivity contribution in [2.45, 2.75) is 25.0 Å². The Morgan fingerprint density at radius 3 is 2.55 bits per heavy atom. The van der Waals surface area contributed by atoms with E-state index in [0.29, 0.717) is 45.5 Å². The van der Waals surface area contributed by atoms with E-state index in [2.05, 4.69) is 26.6 Å². The zero-order valence-corrected chi connectivity index (χ0v) is 22.1. The molecule has 0 heterocycles. The Balaban J connectivity index is 1.70. The number of methoxy groups -OCH3 is 1. The molecular formula is C28H27BrN4O5. The number of nitrogens with zero attached hydrogens (tertiary/aromatic N) is 1. The lowest BCUT2D eigenvalue weighted by molar-refractivity contribution is -0.111. The Kier molecular flexibility index (Phi) is 10.3. The number of nitrogens with two attached hydrogens (primary N) is 1. The van der Waals surface area contributed by atoms with E-state index in [1.165, 1.54) is 19.3 Å². The molecule has 0 saturated heterocycles. The summed E-state index contributed by atoms with van der Waals surface area (Å²) in [5, 5.41) is 24.8. The maximum atomic E-state index is 12.8. The summed E-state index contributed by atoms with van der Waals surface area (Å²) in [4.78, 5) is 25.0. The van der Waals surface area contributed by atoms with Gasteiger partial charge in [-0.15, -0.1) is 0 Å². The third-order valence-corrected chi connectivity index (χ3v) is 6.03. The lowest BCUT2D eigenvalue weighted by Crippen LogP contribution is -2.28. The van der Waals surface area contributed by atoms with Gasteiger partial charge < -0.3 is 25.6 Å². The van der Waals surface area contributed by atoms with Crippen LogP contribution in [-0.4, -0.2) is 30.3 Å². The van der Waals surface area contributed by atoms with Gasteiger partial charge in [-0.05, 0) is 73.5 Å². The first-order valence-corrected chi connectivity index (χ1v) is 12.4.